The number of benzene rings is 1. The Labute approximate surface area is 242 Å². The van der Waals surface area contributed by atoms with Gasteiger partial charge in [-0.25, -0.2) is 4.79 Å². The van der Waals surface area contributed by atoms with Crippen LogP contribution in [0.4, 0.5) is 14.6 Å². The van der Waals surface area contributed by atoms with Crippen LogP contribution in [0, 0.1) is 0 Å². The van der Waals surface area contributed by atoms with Crippen molar-refractivity contribution in [3.8, 4) is 0 Å². The molecule has 2 saturated heterocycles. The van der Waals surface area contributed by atoms with Crippen LogP contribution in [-0.4, -0.2) is 57.3 Å². The third-order valence-corrected chi connectivity index (χ3v) is 18.3. The molecule has 2 aromatic rings. The molecule has 41 heavy (non-hydrogen) atoms. The van der Waals surface area contributed by atoms with Crippen molar-refractivity contribution in [1.82, 2.24) is 9.55 Å². The molecule has 9 nitrogen and oxygen atoms in total. The van der Waals surface area contributed by atoms with Gasteiger partial charge in [-0.1, -0.05) is 73.6 Å². The number of hydrogen-bond donors (Lipinski definition) is 1. The summed E-state index contributed by atoms with van der Waals surface area (Å²) >= 11 is 0. The minimum atomic E-state index is -3.60. The minimum absolute atomic E-state index is 0.0372. The number of ether oxygens (including phenoxy) is 1. The smallest absolute Gasteiger partial charge is 0.351 e. The van der Waals surface area contributed by atoms with Crippen molar-refractivity contribution in [3.05, 3.63) is 58.6 Å². The summed E-state index contributed by atoms with van der Waals surface area (Å²) in [7, 11) is -6.29. The van der Waals surface area contributed by atoms with Gasteiger partial charge in [-0.2, -0.15) is 13.8 Å². The van der Waals surface area contributed by atoms with Gasteiger partial charge < -0.3 is 23.0 Å². The molecule has 2 fully saturated rings. The lowest BCUT2D eigenvalue weighted by Crippen LogP contribution is -2.66. The molecular weight excluding hydrogens is 568 g/mol. The van der Waals surface area contributed by atoms with Gasteiger partial charge in [0.2, 0.25) is 6.23 Å². The highest BCUT2D eigenvalue weighted by atomic mass is 28.5. The van der Waals surface area contributed by atoms with E-state index in [4.69, 9.17) is 17.7 Å². The number of nitrogens with zero attached hydrogens (tertiary/aromatic N) is 2. The quantitative estimate of drug-likeness (QED) is 0.385. The van der Waals surface area contributed by atoms with Gasteiger partial charge >= 0.3 is 28.7 Å². The van der Waals surface area contributed by atoms with Crippen molar-refractivity contribution in [2.45, 2.75) is 102 Å². The van der Waals surface area contributed by atoms with Crippen molar-refractivity contribution in [2.75, 3.05) is 11.9 Å². The van der Waals surface area contributed by atoms with E-state index in [1.54, 1.807) is 30.3 Å². The molecule has 1 unspecified atom stereocenters. The second kappa shape index (κ2) is 11.8. The second-order valence-electron chi connectivity index (χ2n) is 12.0. The van der Waals surface area contributed by atoms with Crippen LogP contribution < -0.4 is 11.0 Å². The Morgan fingerprint density at radius 3 is 2.10 bits per heavy atom. The van der Waals surface area contributed by atoms with Crippen molar-refractivity contribution in [2.24, 2.45) is 0 Å². The molecule has 1 N–H and O–H groups in total. The highest BCUT2D eigenvalue weighted by Crippen LogP contribution is 2.52. The van der Waals surface area contributed by atoms with E-state index in [0.29, 0.717) is 5.56 Å². The zero-order chi connectivity index (χ0) is 30.3. The van der Waals surface area contributed by atoms with Gasteiger partial charge in [-0.3, -0.25) is 9.36 Å². The van der Waals surface area contributed by atoms with E-state index in [2.05, 4.69) is 10.3 Å². The van der Waals surface area contributed by atoms with E-state index >= 15 is 8.78 Å². The second-order valence-corrected chi connectivity index (χ2v) is 20.9. The van der Waals surface area contributed by atoms with Crippen LogP contribution in [0.1, 0.15) is 72.0 Å². The fourth-order valence-electron chi connectivity index (χ4n) is 5.81. The Bertz CT molecular complexity index is 1280. The van der Waals surface area contributed by atoms with E-state index in [0.717, 1.165) is 10.8 Å². The average molecular weight is 610 g/mol. The van der Waals surface area contributed by atoms with Crippen LogP contribution in [0.15, 0.2) is 47.4 Å². The minimum Gasteiger partial charge on any atom is -0.414 e. The van der Waals surface area contributed by atoms with E-state index in [9.17, 15) is 9.59 Å². The molecular formula is C28H41F2N3O6Si2. The van der Waals surface area contributed by atoms with Gasteiger partial charge in [0.05, 0.1) is 6.61 Å². The predicted octanol–water partition coefficient (Wildman–Crippen LogP) is 5.98. The predicted molar refractivity (Wildman–Crippen MR) is 156 cm³/mol. The lowest BCUT2D eigenvalue weighted by molar-refractivity contribution is -0.140. The molecule has 3 atom stereocenters. The third-order valence-electron chi connectivity index (χ3n) is 8.03. The first-order valence-corrected chi connectivity index (χ1v) is 18.1. The normalized spacial score (nSPS) is 25.3. The SMILES string of the molecule is CC(C)[Si]1(C(C)C)OC[C@H]2O[C@@H](n3ccc(NC(=O)c4ccccc4)nc3=O)C(F)(F)C2O[Si](C(C)C)(C(C)C)O1. The Balaban J connectivity index is 1.69. The van der Waals surface area contributed by atoms with Crippen LogP contribution in [0.2, 0.25) is 22.2 Å². The number of amides is 1. The number of fused-ring (bicyclic) bond motifs is 1. The molecule has 1 aromatic heterocycles. The summed E-state index contributed by atoms with van der Waals surface area (Å²) in [5, 5.41) is 2.53. The molecule has 4 rings (SSSR count). The van der Waals surface area contributed by atoms with Gasteiger partial charge in [0.1, 0.15) is 18.0 Å². The van der Waals surface area contributed by atoms with E-state index < -0.39 is 53.1 Å². The largest absolute Gasteiger partial charge is 0.414 e. The van der Waals surface area contributed by atoms with Crippen molar-refractivity contribution in [1.29, 1.82) is 0 Å². The van der Waals surface area contributed by atoms with Gasteiger partial charge in [-0.15, -0.1) is 0 Å². The van der Waals surface area contributed by atoms with Gasteiger partial charge in [-0.05, 0) is 40.4 Å². The van der Waals surface area contributed by atoms with Gasteiger partial charge in [0.15, 0.2) is 0 Å². The highest BCUT2D eigenvalue weighted by Gasteiger charge is 2.67. The topological polar surface area (TPSA) is 101 Å². The van der Waals surface area contributed by atoms with Crippen LogP contribution in [0.3, 0.4) is 0 Å². The summed E-state index contributed by atoms with van der Waals surface area (Å²) in [6.45, 7) is 15.8. The number of halogens is 2. The molecule has 13 heteroatoms. The van der Waals surface area contributed by atoms with E-state index in [1.165, 1.54) is 6.07 Å². The number of anilines is 1. The zero-order valence-electron chi connectivity index (χ0n) is 24.9. The van der Waals surface area contributed by atoms with Crippen LogP contribution >= 0.6 is 0 Å². The molecule has 0 spiro atoms. The zero-order valence-corrected chi connectivity index (χ0v) is 26.9. The van der Waals surface area contributed by atoms with E-state index in [1.807, 2.05) is 55.4 Å². The van der Waals surface area contributed by atoms with Gasteiger partial charge in [0.25, 0.3) is 5.91 Å². The summed E-state index contributed by atoms with van der Waals surface area (Å²) in [5.41, 5.74) is -0.853. The summed E-state index contributed by atoms with van der Waals surface area (Å²) < 4.78 is 59.2. The Morgan fingerprint density at radius 2 is 1.56 bits per heavy atom. The average Bonchev–Trinajstić information content (AvgIpc) is 3.12. The standard InChI is InChI=1S/C28H41F2N3O6Si2/c1-17(2)40(18(3)4)36-16-22-24(38-41(39-40,19(5)6)20(7)8)28(29,30)26(37-22)33-15-14-23(32-27(33)35)31-25(34)21-12-10-9-11-13-21/h9-15,17-20,22,24,26H,16H2,1-8H3,(H,31,32,34,35)/t22-,24?,26-/m1/s1. The van der Waals surface area contributed by atoms with Crippen LogP contribution in [0.5, 0.6) is 0 Å². The Morgan fingerprint density at radius 1 is 0.976 bits per heavy atom. The maximum Gasteiger partial charge on any atom is 0.351 e. The summed E-state index contributed by atoms with van der Waals surface area (Å²) in [5.74, 6) is -4.14. The molecule has 226 valence electrons. The number of alkyl halides is 2. The number of rotatable bonds is 7. The molecule has 1 aromatic carbocycles. The Kier molecular flexibility index (Phi) is 9.08. The van der Waals surface area contributed by atoms with Crippen molar-refractivity contribution < 1.29 is 31.3 Å². The van der Waals surface area contributed by atoms with E-state index in [-0.39, 0.29) is 34.6 Å². The molecule has 2 aliphatic heterocycles. The first kappa shape index (κ1) is 31.6. The summed E-state index contributed by atoms with van der Waals surface area (Å²) in [4.78, 5) is 29.3. The number of aromatic nitrogens is 2. The molecule has 2 aliphatic rings. The first-order valence-electron chi connectivity index (χ1n) is 14.2. The maximum atomic E-state index is 16.3. The van der Waals surface area contributed by atoms with Crippen molar-refractivity contribution >= 4 is 28.8 Å². The lowest BCUT2D eigenvalue weighted by atomic mass is 10.1. The molecule has 0 radical (unpaired) electrons. The third kappa shape index (κ3) is 5.72. The summed E-state index contributed by atoms with van der Waals surface area (Å²) in [6, 6.07) is 9.67. The van der Waals surface area contributed by atoms with Crippen molar-refractivity contribution in [3.63, 3.8) is 0 Å². The number of hydrogen-bond acceptors (Lipinski definition) is 7. The highest BCUT2D eigenvalue weighted by molar-refractivity contribution is 6.84. The van der Waals surface area contributed by atoms with Crippen LogP contribution in [-0.2, 0) is 17.7 Å². The molecule has 3 heterocycles. The maximum absolute atomic E-state index is 16.3. The first-order chi connectivity index (χ1) is 19.2. The molecule has 0 bridgehead atoms. The number of carbonyl (C=O) groups is 1. The Hall–Kier alpha value is -2.30. The lowest BCUT2D eigenvalue weighted by Gasteiger charge is -2.51. The fraction of sp³-hybridized carbons (Fsp3) is 0.607. The molecule has 0 aliphatic carbocycles. The molecule has 0 saturated carbocycles. The monoisotopic (exact) mass is 609 g/mol. The van der Waals surface area contributed by atoms with Gasteiger partial charge in [0, 0.05) is 11.8 Å². The summed E-state index contributed by atoms with van der Waals surface area (Å²) in [6.07, 6.45) is -3.63. The fourth-order valence-corrected chi connectivity index (χ4v) is 17.0. The van der Waals surface area contributed by atoms with Crippen LogP contribution in [0.25, 0.3) is 0 Å². The number of nitrogens with one attached hydrogen (secondary N) is 1. The number of carbonyl (C=O) groups excluding carboxylic acids is 1. The molecule has 1 amide bonds.